The van der Waals surface area contributed by atoms with Crippen LogP contribution in [-0.4, -0.2) is 43.0 Å². The molecule has 0 N–H and O–H groups in total. The lowest BCUT2D eigenvalue weighted by atomic mass is 9.90. The molecule has 0 aromatic carbocycles. The highest BCUT2D eigenvalue weighted by molar-refractivity contribution is 9.10. The second kappa shape index (κ2) is 7.09. The maximum absolute atomic E-state index is 13.1. The fourth-order valence-corrected chi connectivity index (χ4v) is 4.77. The molecular formula is C20H18BrN5O2. The fraction of sp³-hybridized carbons (Fsp3) is 0.350. The number of pyridine rings is 2. The summed E-state index contributed by atoms with van der Waals surface area (Å²) in [7, 11) is 0. The van der Waals surface area contributed by atoms with Crippen LogP contribution < -0.4 is 0 Å². The predicted molar refractivity (Wildman–Crippen MR) is 104 cm³/mol. The quantitative estimate of drug-likeness (QED) is 0.616. The molecule has 2 atom stereocenters. The monoisotopic (exact) mass is 439 g/mol. The van der Waals surface area contributed by atoms with Crippen LogP contribution in [0.1, 0.15) is 47.8 Å². The predicted octanol–water partition coefficient (Wildman–Crippen LogP) is 3.84. The Morgan fingerprint density at radius 2 is 1.86 bits per heavy atom. The molecule has 7 nitrogen and oxygen atoms in total. The van der Waals surface area contributed by atoms with Crippen molar-refractivity contribution in [1.29, 1.82) is 0 Å². The number of halogens is 1. The summed E-state index contributed by atoms with van der Waals surface area (Å²) >= 11 is 3.40. The Kier molecular flexibility index (Phi) is 4.43. The number of amides is 1. The normalized spacial score (nSPS) is 23.8. The summed E-state index contributed by atoms with van der Waals surface area (Å²) in [6, 6.07) is 5.97. The van der Waals surface area contributed by atoms with E-state index in [2.05, 4.69) is 36.0 Å². The van der Waals surface area contributed by atoms with Crippen molar-refractivity contribution in [1.82, 2.24) is 25.0 Å². The van der Waals surface area contributed by atoms with E-state index >= 15 is 0 Å². The maximum Gasteiger partial charge on any atom is 0.255 e. The Morgan fingerprint density at radius 1 is 1.11 bits per heavy atom. The minimum absolute atomic E-state index is 0.0581. The van der Waals surface area contributed by atoms with Crippen molar-refractivity contribution < 1.29 is 9.32 Å². The van der Waals surface area contributed by atoms with E-state index in [0.29, 0.717) is 17.3 Å². The molecule has 5 heterocycles. The van der Waals surface area contributed by atoms with E-state index < -0.39 is 0 Å². The summed E-state index contributed by atoms with van der Waals surface area (Å²) in [6.45, 7) is 0. The fourth-order valence-electron chi connectivity index (χ4n) is 4.41. The molecule has 8 heteroatoms. The molecule has 28 heavy (non-hydrogen) atoms. The Hall–Kier alpha value is -2.61. The van der Waals surface area contributed by atoms with Gasteiger partial charge in [0.05, 0.1) is 5.56 Å². The van der Waals surface area contributed by atoms with Crippen LogP contribution in [0.15, 0.2) is 52.0 Å². The zero-order valence-electron chi connectivity index (χ0n) is 15.0. The van der Waals surface area contributed by atoms with E-state index in [1.165, 1.54) is 0 Å². The molecule has 2 aliphatic rings. The number of nitrogens with zero attached hydrogens (tertiary/aromatic N) is 5. The molecule has 2 aliphatic heterocycles. The summed E-state index contributed by atoms with van der Waals surface area (Å²) in [5, 5.41) is 4.14. The second-order valence-electron chi connectivity index (χ2n) is 7.35. The highest BCUT2D eigenvalue weighted by Crippen LogP contribution is 2.43. The first-order valence-corrected chi connectivity index (χ1v) is 10.2. The van der Waals surface area contributed by atoms with Gasteiger partial charge >= 0.3 is 0 Å². The van der Waals surface area contributed by atoms with Gasteiger partial charge in [-0.15, -0.1) is 0 Å². The molecule has 2 unspecified atom stereocenters. The summed E-state index contributed by atoms with van der Waals surface area (Å²) in [5.41, 5.74) is 1.52. The van der Waals surface area contributed by atoms with Crippen LogP contribution in [0, 0.1) is 0 Å². The number of hydrogen-bond acceptors (Lipinski definition) is 6. The van der Waals surface area contributed by atoms with Crippen molar-refractivity contribution >= 4 is 21.8 Å². The van der Waals surface area contributed by atoms with Gasteiger partial charge in [0.1, 0.15) is 0 Å². The highest BCUT2D eigenvalue weighted by atomic mass is 79.9. The largest absolute Gasteiger partial charge is 0.339 e. The summed E-state index contributed by atoms with van der Waals surface area (Å²) < 4.78 is 6.39. The molecule has 3 aromatic heterocycles. The van der Waals surface area contributed by atoms with Crippen LogP contribution in [0.4, 0.5) is 0 Å². The van der Waals surface area contributed by atoms with E-state index in [-0.39, 0.29) is 23.9 Å². The van der Waals surface area contributed by atoms with Gasteiger partial charge in [-0.2, -0.15) is 4.98 Å². The van der Waals surface area contributed by atoms with Crippen LogP contribution in [0.2, 0.25) is 0 Å². The third-order valence-corrected chi connectivity index (χ3v) is 6.08. The Bertz CT molecular complexity index is 995. The summed E-state index contributed by atoms with van der Waals surface area (Å²) in [4.78, 5) is 27.9. The molecule has 3 aromatic rings. The van der Waals surface area contributed by atoms with Crippen molar-refractivity contribution in [2.45, 2.75) is 43.7 Å². The van der Waals surface area contributed by atoms with Gasteiger partial charge in [-0.25, -0.2) is 0 Å². The molecule has 142 valence electrons. The average molecular weight is 440 g/mol. The van der Waals surface area contributed by atoms with Gasteiger partial charge in [0.2, 0.25) is 11.7 Å². The van der Waals surface area contributed by atoms with Crippen molar-refractivity contribution in [2.24, 2.45) is 0 Å². The molecule has 0 radical (unpaired) electrons. The van der Waals surface area contributed by atoms with Gasteiger partial charge < -0.3 is 9.42 Å². The van der Waals surface area contributed by atoms with Gasteiger partial charge in [-0.05, 0) is 59.8 Å². The van der Waals surface area contributed by atoms with E-state index in [0.717, 1.165) is 35.7 Å². The average Bonchev–Trinajstić information content (AvgIpc) is 3.31. The standard InChI is InChI=1S/C20H18BrN5O2/c21-15-7-14(10-23-11-15)20(27)26-16-1-2-17(26)9-13(8-16)19-24-18(25-28-19)12-3-5-22-6-4-12/h3-7,10-11,13,16-17H,1-2,8-9H2. The molecular weight excluding hydrogens is 422 g/mol. The van der Waals surface area contributed by atoms with Crippen molar-refractivity contribution in [2.75, 3.05) is 0 Å². The number of carbonyl (C=O) groups excluding carboxylic acids is 1. The third kappa shape index (κ3) is 3.11. The number of piperidine rings is 1. The van der Waals surface area contributed by atoms with Crippen LogP contribution >= 0.6 is 15.9 Å². The topological polar surface area (TPSA) is 85.0 Å². The first-order valence-electron chi connectivity index (χ1n) is 9.36. The zero-order chi connectivity index (χ0) is 19.1. The van der Waals surface area contributed by atoms with Gasteiger partial charge in [0.15, 0.2) is 0 Å². The molecule has 2 bridgehead atoms. The van der Waals surface area contributed by atoms with Gasteiger partial charge in [0, 0.05) is 52.8 Å². The molecule has 0 aliphatic carbocycles. The Labute approximate surface area is 170 Å². The molecule has 5 rings (SSSR count). The number of rotatable bonds is 3. The Balaban J connectivity index is 1.35. The van der Waals surface area contributed by atoms with E-state index in [1.807, 2.05) is 23.1 Å². The SMILES string of the molecule is O=C(c1cncc(Br)c1)N1C2CCC1CC(c1nc(-c3ccncc3)no1)C2. The highest BCUT2D eigenvalue weighted by Gasteiger charge is 2.45. The second-order valence-corrected chi connectivity index (χ2v) is 8.27. The van der Waals surface area contributed by atoms with Crippen LogP contribution in [0.3, 0.4) is 0 Å². The molecule has 1 amide bonds. The van der Waals surface area contributed by atoms with Crippen LogP contribution in [0.25, 0.3) is 11.4 Å². The lowest BCUT2D eigenvalue weighted by Gasteiger charge is -2.37. The number of hydrogen-bond donors (Lipinski definition) is 0. The first kappa shape index (κ1) is 17.5. The lowest BCUT2D eigenvalue weighted by Crippen LogP contribution is -2.46. The molecule has 0 spiro atoms. The van der Waals surface area contributed by atoms with Crippen molar-refractivity contribution in [3.05, 3.63) is 58.9 Å². The van der Waals surface area contributed by atoms with Gasteiger partial charge in [-0.1, -0.05) is 5.16 Å². The summed E-state index contributed by atoms with van der Waals surface area (Å²) in [6.07, 6.45) is 10.5. The summed E-state index contributed by atoms with van der Waals surface area (Å²) in [5.74, 6) is 1.50. The van der Waals surface area contributed by atoms with Gasteiger partial charge in [0.25, 0.3) is 5.91 Å². The minimum atomic E-state index is 0.0581. The third-order valence-electron chi connectivity index (χ3n) is 5.65. The lowest BCUT2D eigenvalue weighted by molar-refractivity contribution is 0.0554. The van der Waals surface area contributed by atoms with Crippen LogP contribution in [-0.2, 0) is 0 Å². The number of aromatic nitrogens is 4. The number of fused-ring (bicyclic) bond motifs is 2. The van der Waals surface area contributed by atoms with Crippen molar-refractivity contribution in [3.8, 4) is 11.4 Å². The van der Waals surface area contributed by atoms with Crippen LogP contribution in [0.5, 0.6) is 0 Å². The molecule has 0 saturated carbocycles. The van der Waals surface area contributed by atoms with E-state index in [4.69, 9.17) is 4.52 Å². The first-order chi connectivity index (χ1) is 13.7. The molecule has 2 saturated heterocycles. The molecule has 2 fully saturated rings. The van der Waals surface area contributed by atoms with E-state index in [1.54, 1.807) is 24.8 Å². The van der Waals surface area contributed by atoms with E-state index in [9.17, 15) is 4.79 Å². The number of carbonyl (C=O) groups is 1. The van der Waals surface area contributed by atoms with Crippen molar-refractivity contribution in [3.63, 3.8) is 0 Å². The smallest absolute Gasteiger partial charge is 0.255 e. The Morgan fingerprint density at radius 3 is 2.57 bits per heavy atom. The zero-order valence-corrected chi connectivity index (χ0v) is 16.6. The maximum atomic E-state index is 13.1. The minimum Gasteiger partial charge on any atom is -0.339 e. The van der Waals surface area contributed by atoms with Gasteiger partial charge in [-0.3, -0.25) is 14.8 Å².